The molecule has 0 N–H and O–H groups in total. The van der Waals surface area contributed by atoms with Gasteiger partial charge >= 0.3 is 0 Å². The molecule has 5 nitrogen and oxygen atoms in total. The van der Waals surface area contributed by atoms with Crippen LogP contribution in [0.15, 0.2) is 30.7 Å². The quantitative estimate of drug-likeness (QED) is 0.745. The van der Waals surface area contributed by atoms with Crippen molar-refractivity contribution >= 4 is 34.2 Å². The lowest BCUT2D eigenvalue weighted by Gasteiger charge is -2.06. The largest absolute Gasteiger partial charge is 0.480 e. The third kappa shape index (κ3) is 2.30. The van der Waals surface area contributed by atoms with E-state index in [0.717, 1.165) is 10.9 Å². The van der Waals surface area contributed by atoms with E-state index in [1.807, 2.05) is 6.07 Å². The molecule has 2 aromatic heterocycles. The molecule has 7 heteroatoms. The molecule has 0 saturated heterocycles. The second-order valence-electron chi connectivity index (χ2n) is 4.16. The molecule has 1 aromatic carbocycles. The van der Waals surface area contributed by atoms with Gasteiger partial charge in [0, 0.05) is 10.0 Å². The first kappa shape index (κ1) is 13.1. The van der Waals surface area contributed by atoms with Crippen LogP contribution in [0.4, 0.5) is 0 Å². The normalized spacial score (nSPS) is 10.9. The van der Waals surface area contributed by atoms with Crippen molar-refractivity contribution in [2.75, 3.05) is 7.11 Å². The lowest BCUT2D eigenvalue weighted by atomic mass is 10.2. The average molecular weight is 309 g/mol. The van der Waals surface area contributed by atoms with Crippen LogP contribution in [0.25, 0.3) is 11.0 Å². The highest BCUT2D eigenvalue weighted by molar-refractivity contribution is 6.35. The minimum atomic E-state index is 0.500. The zero-order valence-corrected chi connectivity index (χ0v) is 12.1. The Balaban J connectivity index is 2.03. The van der Waals surface area contributed by atoms with E-state index >= 15 is 0 Å². The summed E-state index contributed by atoms with van der Waals surface area (Å²) in [6.07, 6.45) is 3.13. The molecule has 0 aliphatic carbocycles. The fraction of sp³-hybridized carbons (Fsp3) is 0.154. The number of nitrogens with zero attached hydrogens (tertiary/aromatic N) is 4. The maximum absolute atomic E-state index is 6.17. The van der Waals surface area contributed by atoms with E-state index in [1.54, 1.807) is 30.1 Å². The molecular weight excluding hydrogens is 299 g/mol. The summed E-state index contributed by atoms with van der Waals surface area (Å²) in [5.74, 6) is 0.503. The summed E-state index contributed by atoms with van der Waals surface area (Å²) < 4.78 is 6.93. The van der Waals surface area contributed by atoms with Gasteiger partial charge in [0.15, 0.2) is 5.65 Å². The second-order valence-corrected chi connectivity index (χ2v) is 5.00. The first-order chi connectivity index (χ1) is 9.69. The van der Waals surface area contributed by atoms with Crippen LogP contribution in [-0.2, 0) is 6.54 Å². The topological polar surface area (TPSA) is 52.8 Å². The first-order valence-electron chi connectivity index (χ1n) is 5.83. The lowest BCUT2D eigenvalue weighted by Crippen LogP contribution is -2.03. The summed E-state index contributed by atoms with van der Waals surface area (Å²) in [7, 11) is 1.56. The molecule has 0 unspecified atom stereocenters. The summed E-state index contributed by atoms with van der Waals surface area (Å²) in [5, 5.41) is 6.27. The third-order valence-corrected chi connectivity index (χ3v) is 3.51. The molecule has 0 bridgehead atoms. The van der Waals surface area contributed by atoms with E-state index in [1.165, 1.54) is 6.33 Å². The Morgan fingerprint density at radius 1 is 1.25 bits per heavy atom. The lowest BCUT2D eigenvalue weighted by molar-refractivity contribution is 0.402. The van der Waals surface area contributed by atoms with Crippen molar-refractivity contribution in [2.45, 2.75) is 6.54 Å². The fourth-order valence-corrected chi connectivity index (χ4v) is 2.43. The number of methoxy groups -OCH3 is 1. The zero-order valence-electron chi connectivity index (χ0n) is 10.5. The van der Waals surface area contributed by atoms with Crippen LogP contribution in [0, 0.1) is 0 Å². The highest BCUT2D eigenvalue weighted by Crippen LogP contribution is 2.24. The van der Waals surface area contributed by atoms with Crippen LogP contribution in [0.2, 0.25) is 10.0 Å². The molecule has 102 valence electrons. The molecule has 0 aliphatic heterocycles. The van der Waals surface area contributed by atoms with Crippen molar-refractivity contribution in [1.29, 1.82) is 0 Å². The van der Waals surface area contributed by atoms with Crippen LogP contribution in [0.3, 0.4) is 0 Å². The maximum Gasteiger partial charge on any atom is 0.227 e. The van der Waals surface area contributed by atoms with E-state index < -0.39 is 0 Å². The minimum absolute atomic E-state index is 0.500. The highest BCUT2D eigenvalue weighted by Gasteiger charge is 2.11. The van der Waals surface area contributed by atoms with Crippen molar-refractivity contribution in [3.63, 3.8) is 0 Å². The molecule has 3 rings (SSSR count). The number of hydrogen-bond donors (Lipinski definition) is 0. The van der Waals surface area contributed by atoms with Gasteiger partial charge in [-0.25, -0.2) is 14.6 Å². The van der Waals surface area contributed by atoms with Gasteiger partial charge in [0.05, 0.1) is 19.9 Å². The summed E-state index contributed by atoms with van der Waals surface area (Å²) in [5.41, 5.74) is 1.61. The molecular formula is C13H10Cl2N4O. The minimum Gasteiger partial charge on any atom is -0.480 e. The summed E-state index contributed by atoms with van der Waals surface area (Å²) >= 11 is 12.1. The van der Waals surface area contributed by atoms with E-state index in [2.05, 4.69) is 15.1 Å². The van der Waals surface area contributed by atoms with Gasteiger partial charge in [-0.1, -0.05) is 29.3 Å². The summed E-state index contributed by atoms with van der Waals surface area (Å²) in [4.78, 5) is 8.28. The molecule has 0 amide bonds. The third-order valence-electron chi connectivity index (χ3n) is 2.93. The van der Waals surface area contributed by atoms with Crippen molar-refractivity contribution in [3.05, 3.63) is 46.3 Å². The molecule has 0 fully saturated rings. The number of rotatable bonds is 3. The van der Waals surface area contributed by atoms with Gasteiger partial charge in [-0.2, -0.15) is 5.10 Å². The monoisotopic (exact) mass is 308 g/mol. The second kappa shape index (κ2) is 5.26. The zero-order chi connectivity index (χ0) is 14.1. The Kier molecular flexibility index (Phi) is 3.46. The smallest absolute Gasteiger partial charge is 0.227 e. The van der Waals surface area contributed by atoms with Crippen LogP contribution >= 0.6 is 23.2 Å². The van der Waals surface area contributed by atoms with Gasteiger partial charge in [0.25, 0.3) is 0 Å². The van der Waals surface area contributed by atoms with E-state index in [4.69, 9.17) is 27.9 Å². The van der Waals surface area contributed by atoms with Gasteiger partial charge in [-0.15, -0.1) is 0 Å². The number of ether oxygens (including phenoxy) is 1. The van der Waals surface area contributed by atoms with E-state index in [0.29, 0.717) is 28.1 Å². The standard InChI is InChI=1S/C13H10Cl2N4O/c1-20-13-10-5-18-19(12(10)16-7-17-13)6-8-2-3-9(14)4-11(8)15/h2-5,7H,6H2,1H3. The Bertz CT molecular complexity index is 772. The van der Waals surface area contributed by atoms with Crippen LogP contribution < -0.4 is 4.74 Å². The van der Waals surface area contributed by atoms with E-state index in [9.17, 15) is 0 Å². The molecule has 3 aromatic rings. The predicted octanol–water partition coefficient (Wildman–Crippen LogP) is 3.19. The number of hydrogen-bond acceptors (Lipinski definition) is 4. The molecule has 0 saturated carbocycles. The van der Waals surface area contributed by atoms with Gasteiger partial charge in [-0.05, 0) is 17.7 Å². The Labute approximate surface area is 125 Å². The Morgan fingerprint density at radius 3 is 2.85 bits per heavy atom. The maximum atomic E-state index is 6.17. The van der Waals surface area contributed by atoms with Gasteiger partial charge in [0.2, 0.25) is 5.88 Å². The number of fused-ring (bicyclic) bond motifs is 1. The van der Waals surface area contributed by atoms with Crippen molar-refractivity contribution < 1.29 is 4.74 Å². The van der Waals surface area contributed by atoms with Gasteiger partial charge < -0.3 is 4.74 Å². The average Bonchev–Trinajstić information content (AvgIpc) is 2.85. The van der Waals surface area contributed by atoms with Gasteiger partial charge in [0.1, 0.15) is 11.7 Å². The van der Waals surface area contributed by atoms with Crippen molar-refractivity contribution in [1.82, 2.24) is 19.7 Å². The van der Waals surface area contributed by atoms with Crippen LogP contribution in [-0.4, -0.2) is 26.9 Å². The molecule has 20 heavy (non-hydrogen) atoms. The fourth-order valence-electron chi connectivity index (χ4n) is 1.96. The van der Waals surface area contributed by atoms with Gasteiger partial charge in [-0.3, -0.25) is 0 Å². The number of aromatic nitrogens is 4. The molecule has 2 heterocycles. The van der Waals surface area contributed by atoms with Crippen molar-refractivity contribution in [2.24, 2.45) is 0 Å². The summed E-state index contributed by atoms with van der Waals surface area (Å²) in [6, 6.07) is 5.38. The first-order valence-corrected chi connectivity index (χ1v) is 6.59. The summed E-state index contributed by atoms with van der Waals surface area (Å²) in [6.45, 7) is 0.500. The van der Waals surface area contributed by atoms with Crippen molar-refractivity contribution in [3.8, 4) is 5.88 Å². The highest BCUT2D eigenvalue weighted by atomic mass is 35.5. The number of halogens is 2. The van der Waals surface area contributed by atoms with E-state index in [-0.39, 0.29) is 0 Å². The molecule has 0 spiro atoms. The molecule has 0 atom stereocenters. The predicted molar refractivity (Wildman–Crippen MR) is 77.4 cm³/mol. The molecule has 0 aliphatic rings. The molecule has 0 radical (unpaired) electrons. The van der Waals surface area contributed by atoms with Crippen LogP contribution in [0.1, 0.15) is 5.56 Å². The Morgan fingerprint density at radius 2 is 2.10 bits per heavy atom. The SMILES string of the molecule is COc1ncnc2c1cnn2Cc1ccc(Cl)cc1Cl. The number of benzene rings is 1. The Hall–Kier alpha value is -1.85. The van der Waals surface area contributed by atoms with Crippen LogP contribution in [0.5, 0.6) is 5.88 Å².